The van der Waals surface area contributed by atoms with Crippen molar-refractivity contribution in [2.24, 2.45) is 11.7 Å². The van der Waals surface area contributed by atoms with E-state index in [2.05, 4.69) is 19.2 Å². The third-order valence-corrected chi connectivity index (χ3v) is 2.14. The molecular weight excluding hydrogens is 140 g/mol. The lowest BCUT2D eigenvalue weighted by atomic mass is 9.94. The number of carbonyl (C=O) groups excluding carboxylic acids is 1. The second-order valence-electron chi connectivity index (χ2n) is 2.75. The molecule has 0 saturated carbocycles. The van der Waals surface area contributed by atoms with E-state index in [1.54, 1.807) is 7.05 Å². The molecule has 0 spiro atoms. The number of hydrogen-bond acceptors (Lipinski definition) is 2. The first-order valence-corrected chi connectivity index (χ1v) is 4.13. The number of amides is 1. The second-order valence-corrected chi connectivity index (χ2v) is 2.75. The van der Waals surface area contributed by atoms with Crippen LogP contribution in [-0.4, -0.2) is 19.0 Å². The van der Waals surface area contributed by atoms with E-state index >= 15 is 0 Å². The van der Waals surface area contributed by atoms with Crippen molar-refractivity contribution in [3.63, 3.8) is 0 Å². The summed E-state index contributed by atoms with van der Waals surface area (Å²) in [6.45, 7) is 4.14. The van der Waals surface area contributed by atoms with Gasteiger partial charge in [0.25, 0.3) is 0 Å². The van der Waals surface area contributed by atoms with Crippen LogP contribution in [0.4, 0.5) is 0 Å². The summed E-state index contributed by atoms with van der Waals surface area (Å²) in [7, 11) is 1.77. The molecule has 0 rings (SSSR count). The molecule has 0 aliphatic rings. The topological polar surface area (TPSA) is 55.1 Å². The highest BCUT2D eigenvalue weighted by Gasteiger charge is 2.21. The minimum absolute atomic E-state index is 0.162. The van der Waals surface area contributed by atoms with Crippen LogP contribution in [0.25, 0.3) is 0 Å². The second kappa shape index (κ2) is 5.13. The number of nitrogens with one attached hydrogen (secondary N) is 1. The average molecular weight is 158 g/mol. The maximum absolute atomic E-state index is 10.8. The van der Waals surface area contributed by atoms with E-state index < -0.39 is 0 Å². The quantitative estimate of drug-likeness (QED) is 0.612. The molecule has 1 atom stereocenters. The monoisotopic (exact) mass is 158 g/mol. The van der Waals surface area contributed by atoms with Gasteiger partial charge < -0.3 is 11.1 Å². The number of rotatable bonds is 5. The Morgan fingerprint density at radius 3 is 2.00 bits per heavy atom. The van der Waals surface area contributed by atoms with Crippen LogP contribution >= 0.6 is 0 Å². The summed E-state index contributed by atoms with van der Waals surface area (Å²) in [5.41, 5.74) is 5.20. The van der Waals surface area contributed by atoms with E-state index in [1.165, 1.54) is 0 Å². The molecular formula is C8H18N2O. The number of likely N-dealkylation sites (N-methyl/N-ethyl adjacent to an activating group) is 1. The van der Waals surface area contributed by atoms with Crippen LogP contribution in [0.15, 0.2) is 0 Å². The zero-order chi connectivity index (χ0) is 8.85. The molecule has 0 heterocycles. The molecule has 0 bridgehead atoms. The Labute approximate surface area is 68.3 Å². The first kappa shape index (κ1) is 10.4. The van der Waals surface area contributed by atoms with Crippen molar-refractivity contribution >= 4 is 5.91 Å². The van der Waals surface area contributed by atoms with Gasteiger partial charge in [0.05, 0.1) is 6.04 Å². The van der Waals surface area contributed by atoms with Crippen molar-refractivity contribution in [3.05, 3.63) is 0 Å². The van der Waals surface area contributed by atoms with E-state index in [9.17, 15) is 4.79 Å². The molecule has 0 aliphatic carbocycles. The smallest absolute Gasteiger partial charge is 0.234 e. The summed E-state index contributed by atoms with van der Waals surface area (Å²) in [6.07, 6.45) is 1.98. The van der Waals surface area contributed by atoms with Gasteiger partial charge in [-0.05, 0) is 13.0 Å². The van der Waals surface area contributed by atoms with Gasteiger partial charge in [-0.1, -0.05) is 26.7 Å². The van der Waals surface area contributed by atoms with Crippen molar-refractivity contribution in [3.8, 4) is 0 Å². The summed E-state index contributed by atoms with van der Waals surface area (Å²) < 4.78 is 0. The van der Waals surface area contributed by atoms with Crippen LogP contribution in [0.3, 0.4) is 0 Å². The number of primary amides is 1. The van der Waals surface area contributed by atoms with Gasteiger partial charge in [-0.25, -0.2) is 0 Å². The fourth-order valence-corrected chi connectivity index (χ4v) is 1.37. The van der Waals surface area contributed by atoms with Gasteiger partial charge in [-0.3, -0.25) is 4.79 Å². The fourth-order valence-electron chi connectivity index (χ4n) is 1.37. The van der Waals surface area contributed by atoms with Gasteiger partial charge in [0.1, 0.15) is 0 Å². The van der Waals surface area contributed by atoms with Crippen LogP contribution in [0, 0.1) is 5.92 Å². The Kier molecular flexibility index (Phi) is 4.86. The standard InChI is InChI=1S/C8H18N2O/c1-4-6(5-2)7(10-3)8(9)11/h6-7,10H,4-5H2,1-3H3,(H2,9,11)/t7-/m0/s1. The molecule has 66 valence electrons. The SMILES string of the molecule is CCC(CC)[C@H](NC)C(N)=O. The van der Waals surface area contributed by atoms with Crippen LogP contribution in [0.2, 0.25) is 0 Å². The highest BCUT2D eigenvalue weighted by atomic mass is 16.1. The number of hydrogen-bond donors (Lipinski definition) is 2. The lowest BCUT2D eigenvalue weighted by Crippen LogP contribution is -2.44. The molecule has 0 fully saturated rings. The maximum Gasteiger partial charge on any atom is 0.234 e. The molecule has 0 radical (unpaired) electrons. The third-order valence-electron chi connectivity index (χ3n) is 2.14. The molecule has 1 amide bonds. The summed E-state index contributed by atoms with van der Waals surface area (Å²) in [5.74, 6) is 0.124. The van der Waals surface area contributed by atoms with Crippen molar-refractivity contribution < 1.29 is 4.79 Å². The Balaban J connectivity index is 4.09. The van der Waals surface area contributed by atoms with E-state index in [-0.39, 0.29) is 11.9 Å². The van der Waals surface area contributed by atoms with E-state index in [0.29, 0.717) is 5.92 Å². The summed E-state index contributed by atoms with van der Waals surface area (Å²) >= 11 is 0. The lowest BCUT2D eigenvalue weighted by Gasteiger charge is -2.21. The Morgan fingerprint density at radius 2 is 1.91 bits per heavy atom. The Hall–Kier alpha value is -0.570. The summed E-state index contributed by atoms with van der Waals surface area (Å²) in [4.78, 5) is 10.8. The zero-order valence-electron chi connectivity index (χ0n) is 7.55. The van der Waals surface area contributed by atoms with Crippen LogP contribution in [-0.2, 0) is 4.79 Å². The first-order chi connectivity index (χ1) is 5.17. The number of carbonyl (C=O) groups is 1. The van der Waals surface area contributed by atoms with Crippen molar-refractivity contribution in [2.75, 3.05) is 7.05 Å². The molecule has 11 heavy (non-hydrogen) atoms. The van der Waals surface area contributed by atoms with Crippen LogP contribution in [0.1, 0.15) is 26.7 Å². The van der Waals surface area contributed by atoms with Gasteiger partial charge in [-0.15, -0.1) is 0 Å². The summed E-state index contributed by atoms with van der Waals surface area (Å²) in [6, 6.07) is -0.162. The molecule has 0 aromatic rings. The highest BCUT2D eigenvalue weighted by molar-refractivity contribution is 5.80. The molecule has 0 aliphatic heterocycles. The lowest BCUT2D eigenvalue weighted by molar-refractivity contribution is -0.121. The van der Waals surface area contributed by atoms with E-state index in [0.717, 1.165) is 12.8 Å². The Bertz CT molecular complexity index is 121. The summed E-state index contributed by atoms with van der Waals surface area (Å²) in [5, 5.41) is 2.93. The normalized spacial score (nSPS) is 13.5. The fraction of sp³-hybridized carbons (Fsp3) is 0.875. The predicted molar refractivity (Wildman–Crippen MR) is 46.1 cm³/mol. The zero-order valence-corrected chi connectivity index (χ0v) is 7.55. The molecule has 0 saturated heterocycles. The minimum atomic E-state index is -0.249. The van der Waals surface area contributed by atoms with Crippen LogP contribution < -0.4 is 11.1 Å². The van der Waals surface area contributed by atoms with Gasteiger partial charge >= 0.3 is 0 Å². The molecule has 0 aromatic carbocycles. The molecule has 0 unspecified atom stereocenters. The minimum Gasteiger partial charge on any atom is -0.368 e. The Morgan fingerprint density at radius 1 is 1.45 bits per heavy atom. The molecule has 3 nitrogen and oxygen atoms in total. The highest BCUT2D eigenvalue weighted by Crippen LogP contribution is 2.11. The van der Waals surface area contributed by atoms with Crippen molar-refractivity contribution in [1.29, 1.82) is 0 Å². The van der Waals surface area contributed by atoms with Crippen molar-refractivity contribution in [1.82, 2.24) is 5.32 Å². The number of nitrogens with two attached hydrogens (primary N) is 1. The van der Waals surface area contributed by atoms with Gasteiger partial charge in [0.2, 0.25) is 5.91 Å². The van der Waals surface area contributed by atoms with Gasteiger partial charge in [0, 0.05) is 0 Å². The van der Waals surface area contributed by atoms with Crippen molar-refractivity contribution in [2.45, 2.75) is 32.7 Å². The largest absolute Gasteiger partial charge is 0.368 e. The van der Waals surface area contributed by atoms with E-state index in [4.69, 9.17) is 5.73 Å². The predicted octanol–water partition coefficient (Wildman–Crippen LogP) is 0.496. The van der Waals surface area contributed by atoms with Gasteiger partial charge in [-0.2, -0.15) is 0 Å². The first-order valence-electron chi connectivity index (χ1n) is 4.13. The maximum atomic E-state index is 10.8. The molecule has 0 aromatic heterocycles. The van der Waals surface area contributed by atoms with E-state index in [1.807, 2.05) is 0 Å². The molecule has 3 N–H and O–H groups in total. The molecule has 3 heteroatoms. The van der Waals surface area contributed by atoms with Crippen LogP contribution in [0.5, 0.6) is 0 Å². The van der Waals surface area contributed by atoms with Gasteiger partial charge in [0.15, 0.2) is 0 Å². The third kappa shape index (κ3) is 2.89. The average Bonchev–Trinajstić information content (AvgIpc) is 1.99.